The maximum atomic E-state index is 5.74. The van der Waals surface area contributed by atoms with Crippen LogP contribution in [-0.4, -0.2) is 62.8 Å². The normalized spacial score (nSPS) is 25.3. The highest BCUT2D eigenvalue weighted by molar-refractivity contribution is 14.0. The third-order valence-electron chi connectivity index (χ3n) is 3.84. The third kappa shape index (κ3) is 6.13. The largest absolute Gasteiger partial charge is 0.374 e. The maximum Gasteiger partial charge on any atom is 0.191 e. The lowest BCUT2D eigenvalue weighted by molar-refractivity contribution is -0.0136. The maximum absolute atomic E-state index is 5.74. The molecule has 0 aromatic rings. The lowest BCUT2D eigenvalue weighted by Gasteiger charge is -2.29. The van der Waals surface area contributed by atoms with Gasteiger partial charge in [0.15, 0.2) is 5.96 Å². The van der Waals surface area contributed by atoms with Gasteiger partial charge in [-0.1, -0.05) is 12.8 Å². The van der Waals surface area contributed by atoms with Crippen molar-refractivity contribution in [1.29, 1.82) is 0 Å². The van der Waals surface area contributed by atoms with E-state index in [9.17, 15) is 0 Å². The fourth-order valence-corrected chi connectivity index (χ4v) is 2.75. The van der Waals surface area contributed by atoms with Gasteiger partial charge in [0.1, 0.15) is 0 Å². The van der Waals surface area contributed by atoms with Crippen LogP contribution in [0.5, 0.6) is 0 Å². The molecule has 1 heterocycles. The molecule has 118 valence electrons. The average Bonchev–Trinajstić information content (AvgIpc) is 2.89. The molecular formula is C14H29IN4O. The number of morpholine rings is 1. The minimum absolute atomic E-state index is 0. The molecule has 0 bridgehead atoms. The number of nitrogens with zero attached hydrogens (tertiary/aromatic N) is 2. The van der Waals surface area contributed by atoms with E-state index in [4.69, 9.17) is 4.74 Å². The monoisotopic (exact) mass is 396 g/mol. The Morgan fingerprint density at radius 1 is 1.35 bits per heavy atom. The second kappa shape index (κ2) is 9.78. The van der Waals surface area contributed by atoms with Gasteiger partial charge in [0, 0.05) is 25.7 Å². The molecule has 0 amide bonds. The van der Waals surface area contributed by atoms with Crippen molar-refractivity contribution in [2.45, 2.75) is 44.8 Å². The number of guanidine groups is 1. The highest BCUT2D eigenvalue weighted by Crippen LogP contribution is 2.17. The Hall–Kier alpha value is -0.0800. The van der Waals surface area contributed by atoms with E-state index in [0.29, 0.717) is 6.04 Å². The van der Waals surface area contributed by atoms with Crippen molar-refractivity contribution in [2.24, 2.45) is 4.99 Å². The van der Waals surface area contributed by atoms with Gasteiger partial charge in [-0.25, -0.2) is 0 Å². The molecule has 0 aromatic carbocycles. The fourth-order valence-electron chi connectivity index (χ4n) is 2.75. The number of hydrogen-bond donors (Lipinski definition) is 2. The van der Waals surface area contributed by atoms with E-state index in [-0.39, 0.29) is 30.1 Å². The summed E-state index contributed by atoms with van der Waals surface area (Å²) in [6.07, 6.45) is 5.46. The van der Waals surface area contributed by atoms with E-state index in [1.54, 1.807) is 0 Å². The standard InChI is InChI=1S/C14H28N4O.HI/c1-3-15-14(17-12-6-4-5-7-12)16-10-13-11-18(2)8-9-19-13;/h12-13H,3-11H2,1-2H3,(H2,15,16,17);1H. The lowest BCUT2D eigenvalue weighted by Crippen LogP contribution is -2.44. The molecule has 2 aliphatic rings. The van der Waals surface area contributed by atoms with E-state index in [1.165, 1.54) is 25.7 Å². The van der Waals surface area contributed by atoms with E-state index in [0.717, 1.165) is 38.7 Å². The summed E-state index contributed by atoms with van der Waals surface area (Å²) < 4.78 is 5.74. The SMILES string of the molecule is CCNC(=NCC1CN(C)CCO1)NC1CCCC1.I. The Morgan fingerprint density at radius 3 is 2.75 bits per heavy atom. The first-order valence-electron chi connectivity index (χ1n) is 7.63. The number of aliphatic imine (C=N–C) groups is 1. The quantitative estimate of drug-likeness (QED) is 0.429. The molecule has 0 spiro atoms. The molecule has 2 fully saturated rings. The van der Waals surface area contributed by atoms with Crippen LogP contribution in [0, 0.1) is 0 Å². The summed E-state index contributed by atoms with van der Waals surface area (Å²) in [6.45, 7) is 6.59. The summed E-state index contributed by atoms with van der Waals surface area (Å²) in [4.78, 5) is 6.98. The zero-order valence-corrected chi connectivity index (χ0v) is 15.1. The predicted octanol–water partition coefficient (Wildman–Crippen LogP) is 1.43. The van der Waals surface area contributed by atoms with Crippen molar-refractivity contribution in [2.75, 3.05) is 39.8 Å². The molecule has 1 aliphatic carbocycles. The van der Waals surface area contributed by atoms with Crippen molar-refractivity contribution in [3.05, 3.63) is 0 Å². The van der Waals surface area contributed by atoms with Gasteiger partial charge in [-0.2, -0.15) is 0 Å². The van der Waals surface area contributed by atoms with Gasteiger partial charge < -0.3 is 20.3 Å². The molecular weight excluding hydrogens is 367 g/mol. The lowest BCUT2D eigenvalue weighted by atomic mass is 10.2. The van der Waals surface area contributed by atoms with E-state index < -0.39 is 0 Å². The second-order valence-corrected chi connectivity index (χ2v) is 5.60. The minimum atomic E-state index is 0. The number of likely N-dealkylation sites (N-methyl/N-ethyl adjacent to an activating group) is 1. The number of ether oxygens (including phenoxy) is 1. The van der Waals surface area contributed by atoms with Gasteiger partial charge in [0.25, 0.3) is 0 Å². The van der Waals surface area contributed by atoms with Crippen LogP contribution in [-0.2, 0) is 4.74 Å². The number of nitrogens with one attached hydrogen (secondary N) is 2. The van der Waals surface area contributed by atoms with Crippen molar-refractivity contribution >= 4 is 29.9 Å². The molecule has 1 atom stereocenters. The number of rotatable bonds is 4. The smallest absolute Gasteiger partial charge is 0.191 e. The van der Waals surface area contributed by atoms with Gasteiger partial charge in [0.2, 0.25) is 0 Å². The molecule has 6 heteroatoms. The summed E-state index contributed by atoms with van der Waals surface area (Å²) in [5.41, 5.74) is 0. The Morgan fingerprint density at radius 2 is 2.10 bits per heavy atom. The van der Waals surface area contributed by atoms with E-state index >= 15 is 0 Å². The average molecular weight is 396 g/mol. The highest BCUT2D eigenvalue weighted by Gasteiger charge is 2.19. The van der Waals surface area contributed by atoms with Crippen molar-refractivity contribution in [3.63, 3.8) is 0 Å². The Balaban J connectivity index is 0.00000200. The van der Waals surface area contributed by atoms with Crippen molar-refractivity contribution in [1.82, 2.24) is 15.5 Å². The van der Waals surface area contributed by atoms with Crippen molar-refractivity contribution in [3.8, 4) is 0 Å². The number of hydrogen-bond acceptors (Lipinski definition) is 3. The fraction of sp³-hybridized carbons (Fsp3) is 0.929. The highest BCUT2D eigenvalue weighted by atomic mass is 127. The first-order valence-corrected chi connectivity index (χ1v) is 7.63. The molecule has 20 heavy (non-hydrogen) atoms. The third-order valence-corrected chi connectivity index (χ3v) is 3.84. The summed E-state index contributed by atoms with van der Waals surface area (Å²) in [7, 11) is 2.14. The van der Waals surface area contributed by atoms with Crippen LogP contribution in [0.25, 0.3) is 0 Å². The molecule has 1 unspecified atom stereocenters. The Kier molecular flexibility index (Phi) is 8.79. The molecule has 2 rings (SSSR count). The summed E-state index contributed by atoms with van der Waals surface area (Å²) >= 11 is 0. The zero-order chi connectivity index (χ0) is 13.5. The zero-order valence-electron chi connectivity index (χ0n) is 12.7. The molecule has 1 saturated heterocycles. The molecule has 2 N–H and O–H groups in total. The second-order valence-electron chi connectivity index (χ2n) is 5.60. The molecule has 1 aliphatic heterocycles. The summed E-state index contributed by atoms with van der Waals surface area (Å²) in [6, 6.07) is 0.604. The van der Waals surface area contributed by atoms with Gasteiger partial charge >= 0.3 is 0 Å². The first-order chi connectivity index (χ1) is 9.28. The van der Waals surface area contributed by atoms with Gasteiger partial charge in [-0.15, -0.1) is 24.0 Å². The molecule has 0 aromatic heterocycles. The van der Waals surface area contributed by atoms with Gasteiger partial charge in [-0.3, -0.25) is 4.99 Å². The summed E-state index contributed by atoms with van der Waals surface area (Å²) in [5.74, 6) is 0.950. The van der Waals surface area contributed by atoms with Crippen LogP contribution in [0.1, 0.15) is 32.6 Å². The predicted molar refractivity (Wildman–Crippen MR) is 94.0 cm³/mol. The van der Waals surface area contributed by atoms with Crippen LogP contribution in [0.15, 0.2) is 4.99 Å². The van der Waals surface area contributed by atoms with Crippen LogP contribution >= 0.6 is 24.0 Å². The van der Waals surface area contributed by atoms with Crippen LogP contribution in [0.4, 0.5) is 0 Å². The Bertz CT molecular complexity index is 295. The van der Waals surface area contributed by atoms with Crippen LogP contribution in [0.2, 0.25) is 0 Å². The van der Waals surface area contributed by atoms with Gasteiger partial charge in [0.05, 0.1) is 19.3 Å². The van der Waals surface area contributed by atoms with Crippen molar-refractivity contribution < 1.29 is 4.74 Å². The van der Waals surface area contributed by atoms with E-state index in [1.807, 2.05) is 0 Å². The van der Waals surface area contributed by atoms with Crippen LogP contribution in [0.3, 0.4) is 0 Å². The van der Waals surface area contributed by atoms with E-state index in [2.05, 4.69) is 34.5 Å². The molecule has 5 nitrogen and oxygen atoms in total. The van der Waals surface area contributed by atoms with Crippen LogP contribution < -0.4 is 10.6 Å². The summed E-state index contributed by atoms with van der Waals surface area (Å²) in [5, 5.41) is 6.87. The van der Waals surface area contributed by atoms with Gasteiger partial charge in [-0.05, 0) is 26.8 Å². The first kappa shape index (κ1) is 18.0. The number of halogens is 1. The molecule has 1 saturated carbocycles. The Labute approximate surface area is 139 Å². The minimum Gasteiger partial charge on any atom is -0.374 e. The molecule has 0 radical (unpaired) electrons. The topological polar surface area (TPSA) is 48.9 Å².